The molecule has 2 aromatic carbocycles. The summed E-state index contributed by atoms with van der Waals surface area (Å²) in [7, 11) is 0. The molecule has 4 heteroatoms. The van der Waals surface area contributed by atoms with Crippen molar-refractivity contribution in [3.05, 3.63) is 64.7 Å². The molecule has 0 aromatic heterocycles. The van der Waals surface area contributed by atoms with Crippen LogP contribution in [0, 0.1) is 13.8 Å². The molecule has 0 fully saturated rings. The van der Waals surface area contributed by atoms with Gasteiger partial charge < -0.3 is 5.11 Å². The van der Waals surface area contributed by atoms with Gasteiger partial charge in [-0.3, -0.25) is 4.79 Å². The second-order valence-corrected chi connectivity index (χ2v) is 4.95. The first-order valence-electron chi connectivity index (χ1n) is 6.69. The van der Waals surface area contributed by atoms with Crippen molar-refractivity contribution in [1.29, 1.82) is 0 Å². The summed E-state index contributed by atoms with van der Waals surface area (Å²) in [6, 6.07) is 12.4. The number of carbonyl (C=O) groups is 1. The zero-order chi connectivity index (χ0) is 15.4. The maximum Gasteiger partial charge on any atom is 0.275 e. The van der Waals surface area contributed by atoms with E-state index in [4.69, 9.17) is 0 Å². The van der Waals surface area contributed by atoms with Crippen molar-refractivity contribution in [3.63, 3.8) is 0 Å². The number of rotatable bonds is 3. The number of benzene rings is 2. The highest BCUT2D eigenvalue weighted by Gasteiger charge is 2.09. The summed E-state index contributed by atoms with van der Waals surface area (Å²) in [5.41, 5.74) is 6.72. The van der Waals surface area contributed by atoms with E-state index in [0.29, 0.717) is 5.71 Å². The normalized spacial score (nSPS) is 11.3. The number of hydrazone groups is 1. The average molecular weight is 282 g/mol. The number of aromatic hydroxyl groups is 1. The predicted octanol–water partition coefficient (Wildman–Crippen LogP) is 3.16. The Morgan fingerprint density at radius 3 is 2.48 bits per heavy atom. The summed E-state index contributed by atoms with van der Waals surface area (Å²) in [6.45, 7) is 5.91. The molecule has 0 aliphatic carbocycles. The van der Waals surface area contributed by atoms with Crippen LogP contribution in [0.25, 0.3) is 0 Å². The van der Waals surface area contributed by atoms with Crippen LogP contribution >= 0.6 is 0 Å². The van der Waals surface area contributed by atoms with Crippen molar-refractivity contribution in [2.75, 3.05) is 0 Å². The van der Waals surface area contributed by atoms with Crippen LogP contribution < -0.4 is 5.43 Å². The summed E-state index contributed by atoms with van der Waals surface area (Å²) in [5.74, 6) is -0.495. The van der Waals surface area contributed by atoms with Gasteiger partial charge in [-0.25, -0.2) is 5.43 Å². The summed E-state index contributed by atoms with van der Waals surface area (Å²) >= 11 is 0. The molecule has 2 rings (SSSR count). The van der Waals surface area contributed by atoms with Gasteiger partial charge in [-0.15, -0.1) is 0 Å². The maximum absolute atomic E-state index is 11.9. The van der Waals surface area contributed by atoms with Crippen LogP contribution in [0.3, 0.4) is 0 Å². The largest absolute Gasteiger partial charge is 0.507 e. The van der Waals surface area contributed by atoms with E-state index < -0.39 is 5.91 Å². The minimum absolute atomic E-state index is 0.0611. The van der Waals surface area contributed by atoms with Gasteiger partial charge in [0.2, 0.25) is 0 Å². The van der Waals surface area contributed by atoms with E-state index in [1.165, 1.54) is 17.2 Å². The highest BCUT2D eigenvalue weighted by atomic mass is 16.3. The molecule has 0 saturated heterocycles. The van der Waals surface area contributed by atoms with Gasteiger partial charge in [0.1, 0.15) is 5.75 Å². The quantitative estimate of drug-likeness (QED) is 0.671. The Bertz CT molecular complexity index is 706. The number of hydrogen-bond donors (Lipinski definition) is 2. The average Bonchev–Trinajstić information content (AvgIpc) is 2.47. The summed E-state index contributed by atoms with van der Waals surface area (Å²) in [5, 5.41) is 13.7. The van der Waals surface area contributed by atoms with Gasteiger partial charge in [-0.2, -0.15) is 5.10 Å². The molecule has 0 aliphatic heterocycles. The smallest absolute Gasteiger partial charge is 0.275 e. The topological polar surface area (TPSA) is 61.7 Å². The lowest BCUT2D eigenvalue weighted by molar-refractivity contribution is 0.0952. The third-order valence-corrected chi connectivity index (χ3v) is 3.40. The Kier molecular flexibility index (Phi) is 4.38. The van der Waals surface area contributed by atoms with Crippen molar-refractivity contribution >= 4 is 11.6 Å². The lowest BCUT2D eigenvalue weighted by Gasteiger charge is -2.06. The van der Waals surface area contributed by atoms with Gasteiger partial charge in [-0.05, 0) is 55.7 Å². The molecular formula is C17H18N2O2. The highest BCUT2D eigenvalue weighted by Crippen LogP contribution is 2.15. The summed E-state index contributed by atoms with van der Waals surface area (Å²) in [4.78, 5) is 11.9. The van der Waals surface area contributed by atoms with Gasteiger partial charge in [0.15, 0.2) is 0 Å². The Hall–Kier alpha value is -2.62. The molecule has 0 saturated carbocycles. The van der Waals surface area contributed by atoms with Crippen LogP contribution in [0.4, 0.5) is 0 Å². The third-order valence-electron chi connectivity index (χ3n) is 3.40. The van der Waals surface area contributed by atoms with Crippen molar-refractivity contribution in [2.24, 2.45) is 5.10 Å². The lowest BCUT2D eigenvalue weighted by atomic mass is 10.0. The molecule has 21 heavy (non-hydrogen) atoms. The van der Waals surface area contributed by atoms with Gasteiger partial charge in [0.25, 0.3) is 5.91 Å². The predicted molar refractivity (Wildman–Crippen MR) is 83.7 cm³/mol. The van der Waals surface area contributed by atoms with E-state index in [2.05, 4.69) is 10.5 Å². The minimum atomic E-state index is -0.434. The van der Waals surface area contributed by atoms with Gasteiger partial charge in [-0.1, -0.05) is 24.3 Å². The van der Waals surface area contributed by atoms with E-state index >= 15 is 0 Å². The molecule has 0 heterocycles. The number of para-hydroxylation sites is 1. The van der Waals surface area contributed by atoms with E-state index in [1.807, 2.05) is 39.0 Å². The first-order valence-corrected chi connectivity index (χ1v) is 6.69. The SMILES string of the molecule is C/C(=N\NC(=O)c1ccccc1O)c1ccc(C)c(C)c1. The maximum atomic E-state index is 11.9. The number of phenols is 1. The van der Waals surface area contributed by atoms with Gasteiger partial charge >= 0.3 is 0 Å². The Morgan fingerprint density at radius 1 is 1.10 bits per heavy atom. The van der Waals surface area contributed by atoms with E-state index in [9.17, 15) is 9.90 Å². The van der Waals surface area contributed by atoms with Crippen LogP contribution in [0.15, 0.2) is 47.6 Å². The number of nitrogens with zero attached hydrogens (tertiary/aromatic N) is 1. The van der Waals surface area contributed by atoms with Crippen LogP contribution in [0.2, 0.25) is 0 Å². The first kappa shape index (κ1) is 14.8. The van der Waals surface area contributed by atoms with Crippen LogP contribution in [-0.4, -0.2) is 16.7 Å². The second-order valence-electron chi connectivity index (χ2n) is 4.95. The molecule has 0 spiro atoms. The molecule has 2 aromatic rings. The molecular weight excluding hydrogens is 264 g/mol. The fourth-order valence-corrected chi connectivity index (χ4v) is 1.89. The molecule has 0 radical (unpaired) electrons. The van der Waals surface area contributed by atoms with Crippen LogP contribution in [0.5, 0.6) is 5.75 Å². The zero-order valence-electron chi connectivity index (χ0n) is 12.3. The van der Waals surface area contributed by atoms with Crippen molar-refractivity contribution in [2.45, 2.75) is 20.8 Å². The highest BCUT2D eigenvalue weighted by molar-refractivity contribution is 6.01. The van der Waals surface area contributed by atoms with E-state index in [1.54, 1.807) is 18.2 Å². The first-order chi connectivity index (χ1) is 9.99. The number of phenolic OH excluding ortho intramolecular Hbond substituents is 1. The summed E-state index contributed by atoms with van der Waals surface area (Å²) in [6.07, 6.45) is 0. The van der Waals surface area contributed by atoms with Crippen molar-refractivity contribution < 1.29 is 9.90 Å². The Balaban J connectivity index is 2.15. The van der Waals surface area contributed by atoms with Crippen molar-refractivity contribution in [1.82, 2.24) is 5.43 Å². The molecule has 1 amide bonds. The molecule has 0 bridgehead atoms. The Morgan fingerprint density at radius 2 is 1.81 bits per heavy atom. The molecule has 0 aliphatic rings. The van der Waals surface area contributed by atoms with Crippen LogP contribution in [-0.2, 0) is 0 Å². The fourth-order valence-electron chi connectivity index (χ4n) is 1.89. The number of aryl methyl sites for hydroxylation is 2. The number of carbonyl (C=O) groups excluding carboxylic acids is 1. The zero-order valence-corrected chi connectivity index (χ0v) is 12.3. The van der Waals surface area contributed by atoms with E-state index in [-0.39, 0.29) is 11.3 Å². The standard InChI is InChI=1S/C17H18N2O2/c1-11-8-9-14(10-12(11)2)13(3)18-19-17(21)15-6-4-5-7-16(15)20/h4-10,20H,1-3H3,(H,19,21)/b18-13+. The molecule has 2 N–H and O–H groups in total. The Labute approximate surface area is 124 Å². The second kappa shape index (κ2) is 6.22. The van der Waals surface area contributed by atoms with Crippen LogP contribution in [0.1, 0.15) is 34.0 Å². The lowest BCUT2D eigenvalue weighted by Crippen LogP contribution is -2.19. The molecule has 4 nitrogen and oxygen atoms in total. The summed E-state index contributed by atoms with van der Waals surface area (Å²) < 4.78 is 0. The number of amides is 1. The monoisotopic (exact) mass is 282 g/mol. The number of nitrogens with one attached hydrogen (secondary N) is 1. The van der Waals surface area contributed by atoms with E-state index in [0.717, 1.165) is 5.56 Å². The fraction of sp³-hybridized carbons (Fsp3) is 0.176. The third kappa shape index (κ3) is 3.48. The molecule has 0 atom stereocenters. The minimum Gasteiger partial charge on any atom is -0.507 e. The van der Waals surface area contributed by atoms with Crippen molar-refractivity contribution in [3.8, 4) is 5.75 Å². The molecule has 108 valence electrons. The van der Waals surface area contributed by atoms with Gasteiger partial charge in [0, 0.05) is 0 Å². The number of hydrogen-bond acceptors (Lipinski definition) is 3. The molecule has 0 unspecified atom stereocenters. The van der Waals surface area contributed by atoms with Gasteiger partial charge in [0.05, 0.1) is 11.3 Å².